The molecule has 0 aliphatic heterocycles. The van der Waals surface area contributed by atoms with Crippen molar-refractivity contribution in [1.82, 2.24) is 10.3 Å². The standard InChI is InChI=1S/C12H17ClN2/c1-4-5-9(2)15-10(3)11-6-7-14-12(13)8-11/h4,6-10,15H,1,5H2,2-3H3. The lowest BCUT2D eigenvalue weighted by atomic mass is 10.1. The minimum absolute atomic E-state index is 0.278. The molecular weight excluding hydrogens is 208 g/mol. The second-order valence-electron chi connectivity index (χ2n) is 3.73. The van der Waals surface area contributed by atoms with Crippen LogP contribution in [0.4, 0.5) is 0 Å². The van der Waals surface area contributed by atoms with Gasteiger partial charge >= 0.3 is 0 Å². The Bertz CT molecular complexity index is 325. The Labute approximate surface area is 96.4 Å². The van der Waals surface area contributed by atoms with Crippen molar-refractivity contribution in [2.75, 3.05) is 0 Å². The lowest BCUT2D eigenvalue weighted by molar-refractivity contribution is 0.482. The van der Waals surface area contributed by atoms with Gasteiger partial charge in [0.25, 0.3) is 0 Å². The summed E-state index contributed by atoms with van der Waals surface area (Å²) in [5, 5.41) is 4.01. The molecule has 0 spiro atoms. The van der Waals surface area contributed by atoms with Crippen molar-refractivity contribution < 1.29 is 0 Å². The summed E-state index contributed by atoms with van der Waals surface area (Å²) in [6.07, 6.45) is 4.61. The van der Waals surface area contributed by atoms with E-state index in [0.717, 1.165) is 12.0 Å². The van der Waals surface area contributed by atoms with Crippen molar-refractivity contribution in [1.29, 1.82) is 0 Å². The van der Waals surface area contributed by atoms with Crippen molar-refractivity contribution in [2.24, 2.45) is 0 Å². The van der Waals surface area contributed by atoms with Gasteiger partial charge in [-0.1, -0.05) is 17.7 Å². The molecule has 0 radical (unpaired) electrons. The molecule has 1 aromatic rings. The van der Waals surface area contributed by atoms with E-state index in [4.69, 9.17) is 11.6 Å². The van der Waals surface area contributed by atoms with Gasteiger partial charge in [-0.05, 0) is 38.0 Å². The van der Waals surface area contributed by atoms with Gasteiger partial charge in [-0.2, -0.15) is 0 Å². The van der Waals surface area contributed by atoms with E-state index in [1.54, 1.807) is 6.20 Å². The topological polar surface area (TPSA) is 24.9 Å². The fourth-order valence-corrected chi connectivity index (χ4v) is 1.71. The molecule has 0 amide bonds. The highest BCUT2D eigenvalue weighted by Crippen LogP contribution is 2.16. The van der Waals surface area contributed by atoms with Gasteiger partial charge in [0.1, 0.15) is 5.15 Å². The predicted molar refractivity (Wildman–Crippen MR) is 65.1 cm³/mol. The first kappa shape index (κ1) is 12.2. The molecule has 15 heavy (non-hydrogen) atoms. The second kappa shape index (κ2) is 5.89. The molecule has 0 aliphatic carbocycles. The van der Waals surface area contributed by atoms with E-state index >= 15 is 0 Å². The number of hydrogen-bond donors (Lipinski definition) is 1. The maximum absolute atomic E-state index is 5.83. The fraction of sp³-hybridized carbons (Fsp3) is 0.417. The molecule has 3 heteroatoms. The summed E-state index contributed by atoms with van der Waals surface area (Å²) in [5.41, 5.74) is 1.16. The predicted octanol–water partition coefficient (Wildman–Crippen LogP) is 3.35. The SMILES string of the molecule is C=CCC(C)NC(C)c1ccnc(Cl)c1. The summed E-state index contributed by atoms with van der Waals surface area (Å²) < 4.78 is 0. The van der Waals surface area contributed by atoms with E-state index in [1.807, 2.05) is 18.2 Å². The average Bonchev–Trinajstić information content (AvgIpc) is 2.18. The first-order valence-electron chi connectivity index (χ1n) is 5.12. The summed E-state index contributed by atoms with van der Waals surface area (Å²) in [5.74, 6) is 0. The van der Waals surface area contributed by atoms with Crippen LogP contribution in [0.25, 0.3) is 0 Å². The summed E-state index contributed by atoms with van der Waals surface area (Å²) >= 11 is 5.83. The van der Waals surface area contributed by atoms with Crippen molar-refractivity contribution >= 4 is 11.6 Å². The number of nitrogens with one attached hydrogen (secondary N) is 1. The van der Waals surface area contributed by atoms with E-state index in [1.165, 1.54) is 0 Å². The smallest absolute Gasteiger partial charge is 0.129 e. The molecule has 1 heterocycles. The molecule has 82 valence electrons. The number of halogens is 1. The maximum atomic E-state index is 5.83. The van der Waals surface area contributed by atoms with Crippen LogP contribution in [-0.2, 0) is 0 Å². The molecule has 0 aliphatic rings. The van der Waals surface area contributed by atoms with E-state index in [9.17, 15) is 0 Å². The molecule has 1 rings (SSSR count). The first-order valence-corrected chi connectivity index (χ1v) is 5.49. The zero-order valence-corrected chi connectivity index (χ0v) is 9.96. The molecule has 1 N–H and O–H groups in total. The number of rotatable bonds is 5. The Morgan fingerprint density at radius 1 is 1.60 bits per heavy atom. The van der Waals surface area contributed by atoms with Crippen LogP contribution < -0.4 is 5.32 Å². The van der Waals surface area contributed by atoms with Gasteiger partial charge in [0.05, 0.1) is 0 Å². The van der Waals surface area contributed by atoms with E-state index in [-0.39, 0.29) is 6.04 Å². The largest absolute Gasteiger partial charge is 0.307 e. The first-order chi connectivity index (χ1) is 7.13. The molecule has 2 unspecified atom stereocenters. The van der Waals surface area contributed by atoms with E-state index < -0.39 is 0 Å². The maximum Gasteiger partial charge on any atom is 0.129 e. The molecule has 0 bridgehead atoms. The van der Waals surface area contributed by atoms with Gasteiger partial charge in [0.2, 0.25) is 0 Å². The summed E-state index contributed by atoms with van der Waals surface area (Å²) in [7, 11) is 0. The Morgan fingerprint density at radius 2 is 2.33 bits per heavy atom. The fourth-order valence-electron chi connectivity index (χ4n) is 1.53. The Kier molecular flexibility index (Phi) is 4.79. The number of pyridine rings is 1. The third-order valence-electron chi connectivity index (χ3n) is 2.31. The average molecular weight is 225 g/mol. The highest BCUT2D eigenvalue weighted by Gasteiger charge is 2.08. The molecule has 0 fully saturated rings. The molecule has 0 saturated heterocycles. The molecule has 2 atom stereocenters. The zero-order chi connectivity index (χ0) is 11.3. The monoisotopic (exact) mass is 224 g/mol. The molecular formula is C12H17ClN2. The molecule has 0 saturated carbocycles. The number of nitrogens with zero attached hydrogens (tertiary/aromatic N) is 1. The van der Waals surface area contributed by atoms with Crippen LogP contribution in [0.2, 0.25) is 5.15 Å². The van der Waals surface area contributed by atoms with Crippen LogP contribution in [0.3, 0.4) is 0 Å². The third-order valence-corrected chi connectivity index (χ3v) is 2.51. The normalized spacial score (nSPS) is 14.6. The van der Waals surface area contributed by atoms with Crippen LogP contribution in [0.1, 0.15) is 31.9 Å². The second-order valence-corrected chi connectivity index (χ2v) is 4.11. The minimum atomic E-state index is 0.278. The highest BCUT2D eigenvalue weighted by molar-refractivity contribution is 6.29. The van der Waals surface area contributed by atoms with Crippen molar-refractivity contribution in [3.8, 4) is 0 Å². The van der Waals surface area contributed by atoms with Crippen molar-refractivity contribution in [3.63, 3.8) is 0 Å². The quantitative estimate of drug-likeness (QED) is 0.613. The molecule has 1 aromatic heterocycles. The third kappa shape index (κ3) is 4.02. The summed E-state index contributed by atoms with van der Waals surface area (Å²) in [6.45, 7) is 7.98. The van der Waals surface area contributed by atoms with Gasteiger partial charge in [-0.15, -0.1) is 6.58 Å². The van der Waals surface area contributed by atoms with Gasteiger partial charge in [-0.25, -0.2) is 4.98 Å². The Hall–Kier alpha value is -0.860. The summed E-state index contributed by atoms with van der Waals surface area (Å²) in [6, 6.07) is 4.56. The number of aromatic nitrogens is 1. The van der Waals surface area contributed by atoms with E-state index in [0.29, 0.717) is 11.2 Å². The van der Waals surface area contributed by atoms with Gasteiger partial charge in [0.15, 0.2) is 0 Å². The van der Waals surface area contributed by atoms with Crippen molar-refractivity contribution in [2.45, 2.75) is 32.4 Å². The Morgan fingerprint density at radius 3 is 2.93 bits per heavy atom. The van der Waals surface area contributed by atoms with Crippen molar-refractivity contribution in [3.05, 3.63) is 41.7 Å². The summed E-state index contributed by atoms with van der Waals surface area (Å²) in [4.78, 5) is 3.96. The van der Waals surface area contributed by atoms with Gasteiger partial charge in [-0.3, -0.25) is 0 Å². The zero-order valence-electron chi connectivity index (χ0n) is 9.20. The van der Waals surface area contributed by atoms with E-state index in [2.05, 4.69) is 30.7 Å². The van der Waals surface area contributed by atoms with Crippen LogP contribution in [-0.4, -0.2) is 11.0 Å². The van der Waals surface area contributed by atoms with Crippen LogP contribution >= 0.6 is 11.6 Å². The van der Waals surface area contributed by atoms with Crippen LogP contribution in [0, 0.1) is 0 Å². The number of hydrogen-bond acceptors (Lipinski definition) is 2. The molecule has 2 nitrogen and oxygen atoms in total. The van der Waals surface area contributed by atoms with Gasteiger partial charge < -0.3 is 5.32 Å². The minimum Gasteiger partial charge on any atom is -0.307 e. The molecule has 0 aromatic carbocycles. The van der Waals surface area contributed by atoms with Crippen LogP contribution in [0.5, 0.6) is 0 Å². The Balaban J connectivity index is 2.60. The van der Waals surface area contributed by atoms with Gasteiger partial charge in [0, 0.05) is 18.3 Å². The lowest BCUT2D eigenvalue weighted by Gasteiger charge is -2.19. The lowest BCUT2D eigenvalue weighted by Crippen LogP contribution is -2.28. The van der Waals surface area contributed by atoms with Crippen LogP contribution in [0.15, 0.2) is 31.0 Å². The highest BCUT2D eigenvalue weighted by atomic mass is 35.5.